The van der Waals surface area contributed by atoms with Crippen LogP contribution in [0.5, 0.6) is 5.75 Å². The molecule has 28 heavy (non-hydrogen) atoms. The number of hydrogen-bond donors (Lipinski definition) is 1. The zero-order valence-corrected chi connectivity index (χ0v) is 18.3. The van der Waals surface area contributed by atoms with Crippen molar-refractivity contribution in [3.05, 3.63) is 88.5 Å². The van der Waals surface area contributed by atoms with Crippen LogP contribution < -0.4 is 10.6 Å². The van der Waals surface area contributed by atoms with E-state index in [1.165, 1.54) is 27.6 Å². The van der Waals surface area contributed by atoms with Gasteiger partial charge in [-0.15, -0.1) is 0 Å². The Hall–Kier alpha value is -2.15. The fourth-order valence-corrected chi connectivity index (χ4v) is 5.08. The van der Waals surface area contributed by atoms with Crippen molar-refractivity contribution in [3.63, 3.8) is 0 Å². The molecule has 0 aliphatic carbocycles. The molecule has 0 aromatic heterocycles. The third-order valence-electron chi connectivity index (χ3n) is 5.15. The summed E-state index contributed by atoms with van der Waals surface area (Å²) in [6, 6.07) is 21.4. The third-order valence-corrected chi connectivity index (χ3v) is 6.77. The van der Waals surface area contributed by atoms with Crippen LogP contribution in [0, 0.1) is 20.8 Å². The zero-order chi connectivity index (χ0) is 20.1. The average molecular weight is 391 g/mol. The Morgan fingerprint density at radius 3 is 2.32 bits per heavy atom. The third kappa shape index (κ3) is 5.01. The van der Waals surface area contributed by atoms with E-state index in [0.29, 0.717) is 14.3 Å². The standard InChI is InChI=1S/C25H30NOP/c1-5-26(16-21-11-7-6-8-12-21)17-22-13-9-10-19(3)25(22)28-23-15-18(2)14-20(4)24(23)27/h6-15,27-28H,5,16-17H2,1-4H3. The van der Waals surface area contributed by atoms with E-state index in [9.17, 15) is 5.11 Å². The van der Waals surface area contributed by atoms with Gasteiger partial charge in [0.2, 0.25) is 0 Å². The second kappa shape index (κ2) is 9.37. The van der Waals surface area contributed by atoms with Gasteiger partial charge in [0.15, 0.2) is 0 Å². The average Bonchev–Trinajstić information content (AvgIpc) is 2.68. The van der Waals surface area contributed by atoms with Crippen molar-refractivity contribution in [1.29, 1.82) is 0 Å². The molecule has 0 aliphatic rings. The molecule has 1 atom stereocenters. The van der Waals surface area contributed by atoms with E-state index < -0.39 is 0 Å². The molecule has 0 fully saturated rings. The van der Waals surface area contributed by atoms with Crippen molar-refractivity contribution >= 4 is 19.2 Å². The first-order chi connectivity index (χ1) is 13.5. The van der Waals surface area contributed by atoms with Gasteiger partial charge in [0.05, 0.1) is 0 Å². The molecule has 3 aromatic carbocycles. The molecule has 0 amide bonds. The van der Waals surface area contributed by atoms with E-state index in [1.54, 1.807) is 0 Å². The first-order valence-corrected chi connectivity index (χ1v) is 10.9. The topological polar surface area (TPSA) is 23.5 Å². The lowest BCUT2D eigenvalue weighted by Gasteiger charge is -2.23. The molecule has 3 aromatic rings. The highest BCUT2D eigenvalue weighted by Crippen LogP contribution is 2.26. The molecule has 0 aliphatic heterocycles. The first-order valence-electron chi connectivity index (χ1n) is 9.90. The largest absolute Gasteiger partial charge is 0.507 e. The molecule has 3 rings (SSSR count). The molecule has 2 nitrogen and oxygen atoms in total. The van der Waals surface area contributed by atoms with Crippen molar-refractivity contribution < 1.29 is 5.11 Å². The van der Waals surface area contributed by atoms with E-state index in [0.717, 1.165) is 30.5 Å². The second-order valence-electron chi connectivity index (χ2n) is 7.50. The van der Waals surface area contributed by atoms with Crippen molar-refractivity contribution in [3.8, 4) is 5.75 Å². The summed E-state index contributed by atoms with van der Waals surface area (Å²) >= 11 is 0. The van der Waals surface area contributed by atoms with Crippen molar-refractivity contribution in [2.24, 2.45) is 0 Å². The molecule has 1 unspecified atom stereocenters. The summed E-state index contributed by atoms with van der Waals surface area (Å²) in [5.74, 6) is 0.440. The molecule has 146 valence electrons. The Balaban J connectivity index is 1.88. The summed E-state index contributed by atoms with van der Waals surface area (Å²) < 4.78 is 0. The van der Waals surface area contributed by atoms with Gasteiger partial charge in [-0.25, -0.2) is 0 Å². The van der Waals surface area contributed by atoms with Crippen molar-refractivity contribution in [1.82, 2.24) is 4.90 Å². The van der Waals surface area contributed by atoms with Crippen LogP contribution in [-0.2, 0) is 13.1 Å². The fourth-order valence-electron chi connectivity index (χ4n) is 3.59. The lowest BCUT2D eigenvalue weighted by atomic mass is 10.1. The summed E-state index contributed by atoms with van der Waals surface area (Å²) in [6.45, 7) is 11.3. The number of phenolic OH excluding ortho intramolecular Hbond substituents is 1. The first kappa shape index (κ1) is 20.6. The summed E-state index contributed by atoms with van der Waals surface area (Å²) in [7, 11) is 0.458. The molecular formula is C25H30NOP. The predicted octanol–water partition coefficient (Wildman–Crippen LogP) is 4.97. The Morgan fingerprint density at radius 1 is 0.857 bits per heavy atom. The van der Waals surface area contributed by atoms with E-state index >= 15 is 0 Å². The van der Waals surface area contributed by atoms with Gasteiger partial charge >= 0.3 is 0 Å². The van der Waals surface area contributed by atoms with Crippen LogP contribution in [0.25, 0.3) is 0 Å². The smallest absolute Gasteiger partial charge is 0.126 e. The predicted molar refractivity (Wildman–Crippen MR) is 123 cm³/mol. The monoisotopic (exact) mass is 391 g/mol. The molecule has 0 heterocycles. The molecule has 0 spiro atoms. The van der Waals surface area contributed by atoms with Gasteiger partial charge in [-0.05, 0) is 66.5 Å². The van der Waals surface area contributed by atoms with Gasteiger partial charge in [-0.1, -0.05) is 70.1 Å². The lowest BCUT2D eigenvalue weighted by molar-refractivity contribution is 0.272. The van der Waals surface area contributed by atoms with E-state index in [4.69, 9.17) is 0 Å². The van der Waals surface area contributed by atoms with Gasteiger partial charge in [0, 0.05) is 18.4 Å². The summed E-state index contributed by atoms with van der Waals surface area (Å²) in [6.07, 6.45) is 0. The minimum absolute atomic E-state index is 0.440. The SMILES string of the molecule is CCN(Cc1ccccc1)Cc1cccc(C)c1Pc1cc(C)cc(C)c1O. The van der Waals surface area contributed by atoms with Gasteiger partial charge < -0.3 is 5.11 Å². The number of nitrogens with zero attached hydrogens (tertiary/aromatic N) is 1. The molecule has 3 heteroatoms. The van der Waals surface area contributed by atoms with Crippen LogP contribution in [0.3, 0.4) is 0 Å². The van der Waals surface area contributed by atoms with Crippen LogP contribution in [0.15, 0.2) is 60.7 Å². The number of hydrogen-bond acceptors (Lipinski definition) is 2. The van der Waals surface area contributed by atoms with Crippen molar-refractivity contribution in [2.45, 2.75) is 40.8 Å². The highest BCUT2D eigenvalue weighted by atomic mass is 31.1. The van der Waals surface area contributed by atoms with Crippen molar-refractivity contribution in [2.75, 3.05) is 6.54 Å². The number of aryl methyl sites for hydroxylation is 3. The van der Waals surface area contributed by atoms with E-state index in [-0.39, 0.29) is 0 Å². The number of benzene rings is 3. The number of phenols is 1. The number of aromatic hydroxyl groups is 1. The second-order valence-corrected chi connectivity index (χ2v) is 8.79. The van der Waals surface area contributed by atoms with Gasteiger partial charge in [0.25, 0.3) is 0 Å². The van der Waals surface area contributed by atoms with Crippen LogP contribution in [0.1, 0.15) is 34.7 Å². The Kier molecular flexibility index (Phi) is 6.88. The summed E-state index contributed by atoms with van der Waals surface area (Å²) in [5.41, 5.74) is 6.15. The minimum atomic E-state index is 0.440. The molecule has 0 saturated carbocycles. The highest BCUT2D eigenvalue weighted by molar-refractivity contribution is 7.56. The van der Waals surface area contributed by atoms with Crippen LogP contribution in [-0.4, -0.2) is 16.6 Å². The van der Waals surface area contributed by atoms with E-state index in [2.05, 4.69) is 80.3 Å². The summed E-state index contributed by atoms with van der Waals surface area (Å²) in [5, 5.41) is 13.0. The molecular weight excluding hydrogens is 361 g/mol. The minimum Gasteiger partial charge on any atom is -0.507 e. The number of rotatable bonds is 7. The quantitative estimate of drug-likeness (QED) is 0.575. The van der Waals surface area contributed by atoms with Crippen LogP contribution in [0.2, 0.25) is 0 Å². The van der Waals surface area contributed by atoms with Gasteiger partial charge in [0.1, 0.15) is 5.75 Å². The molecule has 0 saturated heterocycles. The lowest BCUT2D eigenvalue weighted by Crippen LogP contribution is -2.26. The maximum Gasteiger partial charge on any atom is 0.126 e. The normalized spacial score (nSPS) is 11.6. The molecule has 1 N–H and O–H groups in total. The Bertz CT molecular complexity index is 937. The maximum absolute atomic E-state index is 10.6. The van der Waals surface area contributed by atoms with Gasteiger partial charge in [-0.3, -0.25) is 4.90 Å². The Morgan fingerprint density at radius 2 is 1.61 bits per heavy atom. The molecule has 0 radical (unpaired) electrons. The maximum atomic E-state index is 10.6. The van der Waals surface area contributed by atoms with Crippen LogP contribution in [0.4, 0.5) is 0 Å². The fraction of sp³-hybridized carbons (Fsp3) is 0.280. The molecule has 0 bridgehead atoms. The van der Waals surface area contributed by atoms with Gasteiger partial charge in [-0.2, -0.15) is 0 Å². The zero-order valence-electron chi connectivity index (χ0n) is 17.3. The highest BCUT2D eigenvalue weighted by Gasteiger charge is 2.14. The summed E-state index contributed by atoms with van der Waals surface area (Å²) in [4.78, 5) is 2.47. The van der Waals surface area contributed by atoms with E-state index in [1.807, 2.05) is 13.0 Å². The Labute approximate surface area is 171 Å². The van der Waals surface area contributed by atoms with Crippen LogP contribution >= 0.6 is 8.58 Å².